The van der Waals surface area contributed by atoms with Crippen LogP contribution >= 0.6 is 10.7 Å². The summed E-state index contributed by atoms with van der Waals surface area (Å²) in [4.78, 5) is 0. The summed E-state index contributed by atoms with van der Waals surface area (Å²) in [7, 11) is 0.577. The predicted molar refractivity (Wildman–Crippen MR) is 38.0 cm³/mol. The van der Waals surface area contributed by atoms with Gasteiger partial charge in [-0.1, -0.05) is 0 Å². The molecule has 0 aliphatic carbocycles. The summed E-state index contributed by atoms with van der Waals surface area (Å²) in [5.41, 5.74) is 0. The molecule has 0 saturated carbocycles. The average molecular weight is 226 g/mol. The van der Waals surface area contributed by atoms with Crippen LogP contribution in [0.25, 0.3) is 0 Å². The van der Waals surface area contributed by atoms with Crippen molar-refractivity contribution < 1.29 is 21.6 Å². The first-order valence-electron chi connectivity index (χ1n) is 2.89. The van der Waals surface area contributed by atoms with E-state index in [0.29, 0.717) is 0 Å². The van der Waals surface area contributed by atoms with Crippen molar-refractivity contribution in [3.8, 4) is 0 Å². The van der Waals surface area contributed by atoms with Crippen molar-refractivity contribution >= 4 is 19.9 Å². The summed E-state index contributed by atoms with van der Waals surface area (Å²) < 4.78 is 56.8. The van der Waals surface area contributed by atoms with Gasteiger partial charge >= 0.3 is 6.18 Å². The van der Waals surface area contributed by atoms with Gasteiger partial charge in [0.1, 0.15) is 0 Å². The van der Waals surface area contributed by atoms with Crippen LogP contribution < -0.4 is 4.72 Å². The van der Waals surface area contributed by atoms with Gasteiger partial charge in [-0.2, -0.15) is 26.3 Å². The second kappa shape index (κ2) is 3.80. The molecule has 1 unspecified atom stereocenters. The molecule has 1 atom stereocenters. The molecule has 3 nitrogen and oxygen atoms in total. The number of nitrogens with one attached hydrogen (secondary N) is 1. The van der Waals surface area contributed by atoms with E-state index in [1.165, 1.54) is 0 Å². The van der Waals surface area contributed by atoms with Crippen LogP contribution in [0.5, 0.6) is 0 Å². The minimum Gasteiger partial charge on any atom is -0.199 e. The maximum absolute atomic E-state index is 11.6. The van der Waals surface area contributed by atoms with Crippen LogP contribution in [0, 0.1) is 0 Å². The Balaban J connectivity index is 4.00. The largest absolute Gasteiger partial charge is 0.390 e. The van der Waals surface area contributed by atoms with Crippen molar-refractivity contribution in [3.63, 3.8) is 0 Å². The average Bonchev–Trinajstić information content (AvgIpc) is 1.49. The van der Waals surface area contributed by atoms with Crippen molar-refractivity contribution in [2.24, 2.45) is 0 Å². The van der Waals surface area contributed by atoms with E-state index in [4.69, 9.17) is 0 Å². The minimum atomic E-state index is -4.39. The normalized spacial score (nSPS) is 16.1. The van der Waals surface area contributed by atoms with Gasteiger partial charge in [0.25, 0.3) is 9.24 Å². The van der Waals surface area contributed by atoms with E-state index in [9.17, 15) is 21.6 Å². The Labute approximate surface area is 72.4 Å². The summed E-state index contributed by atoms with van der Waals surface area (Å²) in [6.45, 7) is 1.08. The first-order valence-corrected chi connectivity index (χ1v) is 5.20. The van der Waals surface area contributed by atoms with Crippen molar-refractivity contribution in [2.75, 3.05) is 0 Å². The molecule has 1 N–H and O–H groups in total. The smallest absolute Gasteiger partial charge is 0.199 e. The molecular weight excluding hydrogens is 219 g/mol. The Morgan fingerprint density at radius 3 is 2.17 bits per heavy atom. The number of rotatable bonds is 3. The zero-order chi connectivity index (χ0) is 9.99. The molecule has 8 heteroatoms. The van der Waals surface area contributed by atoms with E-state index in [1.54, 1.807) is 4.72 Å². The van der Waals surface area contributed by atoms with E-state index in [1.807, 2.05) is 0 Å². The van der Waals surface area contributed by atoms with Crippen LogP contribution in [0.1, 0.15) is 13.3 Å². The van der Waals surface area contributed by atoms with Crippen LogP contribution in [0.15, 0.2) is 0 Å². The van der Waals surface area contributed by atoms with E-state index in [2.05, 4.69) is 10.7 Å². The van der Waals surface area contributed by atoms with E-state index < -0.39 is 27.9 Å². The van der Waals surface area contributed by atoms with Gasteiger partial charge < -0.3 is 0 Å². The van der Waals surface area contributed by atoms with E-state index in [-0.39, 0.29) is 0 Å². The molecule has 0 fully saturated rings. The zero-order valence-electron chi connectivity index (χ0n) is 6.02. The number of alkyl halides is 3. The Kier molecular flexibility index (Phi) is 3.80. The SMILES string of the molecule is CC(CC(F)(F)F)NS(=O)(=O)Cl. The van der Waals surface area contributed by atoms with Gasteiger partial charge in [-0.3, -0.25) is 0 Å². The summed E-state index contributed by atoms with van der Waals surface area (Å²) in [6.07, 6.45) is -5.63. The second-order valence-electron chi connectivity index (χ2n) is 2.28. The highest BCUT2D eigenvalue weighted by molar-refractivity contribution is 8.12. The van der Waals surface area contributed by atoms with E-state index in [0.717, 1.165) is 6.92 Å². The topological polar surface area (TPSA) is 46.2 Å². The summed E-state index contributed by atoms with van der Waals surface area (Å²) >= 11 is 0. The van der Waals surface area contributed by atoms with Gasteiger partial charge in [-0.25, -0.2) is 0 Å². The van der Waals surface area contributed by atoms with Crippen molar-refractivity contribution in [1.82, 2.24) is 4.72 Å². The Bertz CT molecular complexity index is 237. The van der Waals surface area contributed by atoms with Crippen LogP contribution in [0.4, 0.5) is 13.2 Å². The van der Waals surface area contributed by atoms with Gasteiger partial charge in [0.15, 0.2) is 0 Å². The third-order valence-electron chi connectivity index (χ3n) is 0.880. The molecule has 0 rings (SSSR count). The summed E-state index contributed by atoms with van der Waals surface area (Å²) in [6, 6.07) is -1.24. The Hall–Kier alpha value is -0.0100. The zero-order valence-corrected chi connectivity index (χ0v) is 7.59. The van der Waals surface area contributed by atoms with Gasteiger partial charge in [-0.05, 0) is 6.92 Å². The van der Waals surface area contributed by atoms with Gasteiger partial charge in [0, 0.05) is 16.7 Å². The fraction of sp³-hybridized carbons (Fsp3) is 1.00. The molecule has 0 saturated heterocycles. The van der Waals surface area contributed by atoms with E-state index >= 15 is 0 Å². The molecule has 0 aromatic heterocycles. The fourth-order valence-electron chi connectivity index (χ4n) is 0.629. The predicted octanol–water partition coefficient (Wildman–Crippen LogP) is 1.40. The molecule has 0 radical (unpaired) electrons. The molecule has 12 heavy (non-hydrogen) atoms. The monoisotopic (exact) mass is 225 g/mol. The second-order valence-corrected chi connectivity index (χ2v) is 4.61. The molecule has 0 aliphatic heterocycles. The standard InChI is InChI=1S/C4H7ClF3NO2S/c1-3(2-4(6,7)8)9-12(5,10)11/h3,9H,2H2,1H3. The highest BCUT2D eigenvalue weighted by atomic mass is 35.7. The lowest BCUT2D eigenvalue weighted by Crippen LogP contribution is -2.33. The highest BCUT2D eigenvalue weighted by Crippen LogP contribution is 2.21. The molecule has 0 aromatic rings. The number of halogens is 4. The molecule has 0 aromatic carbocycles. The number of hydrogen-bond donors (Lipinski definition) is 1. The molecule has 0 aliphatic rings. The van der Waals surface area contributed by atoms with Crippen molar-refractivity contribution in [2.45, 2.75) is 25.6 Å². The third kappa shape index (κ3) is 8.09. The Morgan fingerprint density at radius 1 is 1.50 bits per heavy atom. The van der Waals surface area contributed by atoms with Crippen LogP contribution in [-0.4, -0.2) is 20.6 Å². The van der Waals surface area contributed by atoms with Crippen LogP contribution in [0.3, 0.4) is 0 Å². The summed E-state index contributed by atoms with van der Waals surface area (Å²) in [5.74, 6) is 0. The quantitative estimate of drug-likeness (QED) is 0.738. The molecule has 0 amide bonds. The number of hydrogen-bond acceptors (Lipinski definition) is 2. The van der Waals surface area contributed by atoms with Gasteiger partial charge in [0.2, 0.25) is 0 Å². The molecule has 0 heterocycles. The highest BCUT2D eigenvalue weighted by Gasteiger charge is 2.31. The Morgan fingerprint density at radius 2 is 1.92 bits per heavy atom. The third-order valence-corrected chi connectivity index (χ3v) is 1.83. The van der Waals surface area contributed by atoms with Crippen LogP contribution in [-0.2, 0) is 9.24 Å². The minimum absolute atomic E-state index is 1.08. The molecular formula is C4H7ClF3NO2S. The lowest BCUT2D eigenvalue weighted by molar-refractivity contribution is -0.137. The first kappa shape index (κ1) is 12.0. The fourth-order valence-corrected chi connectivity index (χ4v) is 1.65. The summed E-state index contributed by atoms with van der Waals surface area (Å²) in [5, 5.41) is 0. The molecule has 74 valence electrons. The first-order chi connectivity index (χ1) is 5.10. The van der Waals surface area contributed by atoms with Crippen LogP contribution in [0.2, 0.25) is 0 Å². The van der Waals surface area contributed by atoms with Crippen molar-refractivity contribution in [3.05, 3.63) is 0 Å². The maximum Gasteiger partial charge on any atom is 0.390 e. The lowest BCUT2D eigenvalue weighted by atomic mass is 10.2. The van der Waals surface area contributed by atoms with Crippen molar-refractivity contribution in [1.29, 1.82) is 0 Å². The lowest BCUT2D eigenvalue weighted by Gasteiger charge is -2.12. The maximum atomic E-state index is 11.6. The van der Waals surface area contributed by atoms with Gasteiger partial charge in [-0.15, -0.1) is 0 Å². The molecule has 0 bridgehead atoms. The molecule has 0 spiro atoms. The van der Waals surface area contributed by atoms with Gasteiger partial charge in [0.05, 0.1) is 6.42 Å².